The number of amides is 3. The summed E-state index contributed by atoms with van der Waals surface area (Å²) < 4.78 is 28.9. The maximum atomic E-state index is 14.0. The maximum absolute atomic E-state index is 14.0. The number of alkyl halides is 1. The van der Waals surface area contributed by atoms with Crippen LogP contribution in [-0.2, 0) is 6.54 Å². The summed E-state index contributed by atoms with van der Waals surface area (Å²) in [6.07, 6.45) is 0. The van der Waals surface area contributed by atoms with Crippen molar-refractivity contribution < 1.29 is 18.4 Å². The Morgan fingerprint density at radius 3 is 2.62 bits per heavy atom. The molecule has 0 aliphatic carbocycles. The Kier molecular flexibility index (Phi) is 6.41. The Morgan fingerprint density at radius 1 is 1.24 bits per heavy atom. The van der Waals surface area contributed by atoms with E-state index in [1.807, 2.05) is 6.07 Å². The minimum Gasteiger partial charge on any atom is -0.365 e. The van der Waals surface area contributed by atoms with Crippen LogP contribution in [0.4, 0.5) is 19.3 Å². The van der Waals surface area contributed by atoms with Gasteiger partial charge in [0.25, 0.3) is 5.91 Å². The van der Waals surface area contributed by atoms with E-state index in [1.54, 1.807) is 0 Å². The molecule has 0 saturated heterocycles. The molecule has 2 heterocycles. The number of benzene rings is 2. The third-order valence-electron chi connectivity index (χ3n) is 5.37. The molecular weight excluding hydrogens is 489 g/mol. The van der Waals surface area contributed by atoms with Crippen LogP contribution in [0.3, 0.4) is 0 Å². The number of halogens is 4. The lowest BCUT2D eigenvalue weighted by molar-refractivity contribution is 0.0995. The van der Waals surface area contributed by atoms with Gasteiger partial charge in [-0.15, -0.1) is 0 Å². The molecule has 34 heavy (non-hydrogen) atoms. The maximum Gasteiger partial charge on any atom is 0.322 e. The summed E-state index contributed by atoms with van der Waals surface area (Å²) in [6.45, 7) is -1.00. The van der Waals surface area contributed by atoms with Gasteiger partial charge in [-0.05, 0) is 36.4 Å². The van der Waals surface area contributed by atoms with Crippen LogP contribution >= 0.6 is 23.2 Å². The van der Waals surface area contributed by atoms with Crippen molar-refractivity contribution in [2.24, 2.45) is 5.73 Å². The Labute approximate surface area is 202 Å². The first kappa shape index (κ1) is 23.5. The number of carbonyl (C=O) groups is 2. The highest BCUT2D eigenvalue weighted by atomic mass is 35.5. The van der Waals surface area contributed by atoms with Gasteiger partial charge in [0.05, 0.1) is 39.5 Å². The van der Waals surface area contributed by atoms with Crippen molar-refractivity contribution in [2.45, 2.75) is 12.6 Å². The van der Waals surface area contributed by atoms with E-state index in [4.69, 9.17) is 34.2 Å². The normalized spacial score (nSPS) is 14.9. The minimum absolute atomic E-state index is 0.0138. The average Bonchev–Trinajstić information content (AvgIpc) is 3.20. The van der Waals surface area contributed by atoms with E-state index in [2.05, 4.69) is 10.4 Å². The van der Waals surface area contributed by atoms with E-state index in [0.717, 1.165) is 6.07 Å². The lowest BCUT2D eigenvalue weighted by Crippen LogP contribution is -2.44. The van der Waals surface area contributed by atoms with E-state index in [-0.39, 0.29) is 45.6 Å². The SMILES string of the molecule is N#Cc1ccc(NC(=O)N2Cc3c(C(N)=O)c(-c4ccc(F)c(Cl)c4)nn3C(CF)C2)cc1Cl. The number of nitrogens with one attached hydrogen (secondary N) is 1. The summed E-state index contributed by atoms with van der Waals surface area (Å²) in [5, 5.41) is 16.0. The topological polar surface area (TPSA) is 117 Å². The number of rotatable bonds is 4. The van der Waals surface area contributed by atoms with Gasteiger partial charge < -0.3 is 16.0 Å². The predicted octanol–water partition coefficient (Wildman–Crippen LogP) is 4.52. The molecule has 3 N–H and O–H groups in total. The van der Waals surface area contributed by atoms with Gasteiger partial charge in [0, 0.05) is 17.8 Å². The van der Waals surface area contributed by atoms with Gasteiger partial charge in [0.15, 0.2) is 0 Å². The molecule has 0 bridgehead atoms. The second-order valence-corrected chi connectivity index (χ2v) is 8.35. The zero-order chi connectivity index (χ0) is 24.6. The molecule has 0 saturated carbocycles. The number of carbonyl (C=O) groups excluding carboxylic acids is 2. The highest BCUT2D eigenvalue weighted by molar-refractivity contribution is 6.32. The van der Waals surface area contributed by atoms with Crippen LogP contribution in [0.25, 0.3) is 11.3 Å². The number of nitriles is 1. The van der Waals surface area contributed by atoms with Crippen LogP contribution in [0, 0.1) is 17.1 Å². The lowest BCUT2D eigenvalue weighted by Gasteiger charge is -2.33. The zero-order valence-corrected chi connectivity index (χ0v) is 18.9. The summed E-state index contributed by atoms with van der Waals surface area (Å²) in [4.78, 5) is 26.6. The summed E-state index contributed by atoms with van der Waals surface area (Å²) >= 11 is 11.9. The van der Waals surface area contributed by atoms with Crippen LogP contribution in [0.1, 0.15) is 27.7 Å². The highest BCUT2D eigenvalue weighted by Crippen LogP contribution is 2.33. The van der Waals surface area contributed by atoms with Gasteiger partial charge in [-0.3, -0.25) is 9.48 Å². The number of nitrogens with zero attached hydrogens (tertiary/aromatic N) is 4. The van der Waals surface area contributed by atoms with E-state index in [9.17, 15) is 18.4 Å². The summed E-state index contributed by atoms with van der Waals surface area (Å²) in [7, 11) is 0. The fourth-order valence-electron chi connectivity index (χ4n) is 3.76. The Balaban J connectivity index is 1.69. The van der Waals surface area contributed by atoms with Crippen LogP contribution in [0.2, 0.25) is 10.0 Å². The van der Waals surface area contributed by atoms with Gasteiger partial charge in [-0.1, -0.05) is 23.2 Å². The van der Waals surface area contributed by atoms with Crippen LogP contribution in [0.15, 0.2) is 36.4 Å². The Morgan fingerprint density at radius 2 is 2.00 bits per heavy atom. The predicted molar refractivity (Wildman–Crippen MR) is 122 cm³/mol. The molecule has 1 unspecified atom stereocenters. The summed E-state index contributed by atoms with van der Waals surface area (Å²) in [6, 6.07) is 8.64. The van der Waals surface area contributed by atoms with Crippen molar-refractivity contribution in [3.63, 3.8) is 0 Å². The molecule has 174 valence electrons. The van der Waals surface area contributed by atoms with Gasteiger partial charge in [0.2, 0.25) is 0 Å². The summed E-state index contributed by atoms with van der Waals surface area (Å²) in [5.74, 6) is -1.49. The van der Waals surface area contributed by atoms with Crippen molar-refractivity contribution in [3.8, 4) is 17.3 Å². The van der Waals surface area contributed by atoms with E-state index in [0.29, 0.717) is 11.3 Å². The largest absolute Gasteiger partial charge is 0.365 e. The molecule has 1 aromatic heterocycles. The van der Waals surface area contributed by atoms with Gasteiger partial charge >= 0.3 is 6.03 Å². The second kappa shape index (κ2) is 9.29. The first-order valence-corrected chi connectivity index (χ1v) is 10.7. The number of primary amides is 1. The highest BCUT2D eigenvalue weighted by Gasteiger charge is 2.35. The van der Waals surface area contributed by atoms with Crippen LogP contribution in [-0.4, -0.2) is 39.8 Å². The van der Waals surface area contributed by atoms with Gasteiger partial charge in [0.1, 0.15) is 24.3 Å². The second-order valence-electron chi connectivity index (χ2n) is 7.53. The number of nitrogens with two attached hydrogens (primary N) is 1. The first-order valence-electron chi connectivity index (χ1n) is 9.91. The molecule has 4 rings (SSSR count). The molecule has 3 amide bonds. The lowest BCUT2D eigenvalue weighted by atomic mass is 10.0. The number of fused-ring (bicyclic) bond motifs is 1. The van der Waals surface area contributed by atoms with Crippen molar-refractivity contribution in [2.75, 3.05) is 18.5 Å². The van der Waals surface area contributed by atoms with E-state index < -0.39 is 30.5 Å². The Bertz CT molecular complexity index is 1350. The molecular formula is C22H16Cl2F2N6O2. The molecule has 8 nitrogen and oxygen atoms in total. The van der Waals surface area contributed by atoms with Crippen LogP contribution < -0.4 is 11.1 Å². The Hall–Kier alpha value is -3.68. The number of anilines is 1. The fourth-order valence-corrected chi connectivity index (χ4v) is 4.16. The molecule has 1 atom stereocenters. The van der Waals surface area contributed by atoms with Crippen LogP contribution in [0.5, 0.6) is 0 Å². The molecule has 3 aromatic rings. The van der Waals surface area contributed by atoms with Gasteiger partial charge in [-0.2, -0.15) is 10.4 Å². The van der Waals surface area contributed by atoms with Gasteiger partial charge in [-0.25, -0.2) is 13.6 Å². The fraction of sp³-hybridized carbons (Fsp3) is 0.182. The van der Waals surface area contributed by atoms with Crippen molar-refractivity contribution in [1.82, 2.24) is 14.7 Å². The quantitative estimate of drug-likeness (QED) is 0.542. The molecule has 0 fully saturated rings. The standard InChI is InChI=1S/C22H16Cl2F2N6O2/c23-15-6-13(3-1-12(15)8-27)29-22(34)31-9-14(7-25)32-18(10-31)19(21(28)33)20(30-32)11-2-4-17(26)16(24)5-11/h1-6,14H,7,9-10H2,(H2,28,33)(H,29,34). The molecule has 12 heteroatoms. The number of hydrogen-bond acceptors (Lipinski definition) is 4. The molecule has 0 spiro atoms. The number of urea groups is 1. The van der Waals surface area contributed by atoms with Crippen molar-refractivity contribution in [1.29, 1.82) is 5.26 Å². The van der Waals surface area contributed by atoms with E-state index >= 15 is 0 Å². The number of aromatic nitrogens is 2. The minimum atomic E-state index is -0.887. The molecule has 0 radical (unpaired) electrons. The smallest absolute Gasteiger partial charge is 0.322 e. The third-order valence-corrected chi connectivity index (χ3v) is 5.98. The third kappa shape index (κ3) is 4.27. The number of hydrogen-bond donors (Lipinski definition) is 2. The average molecular weight is 505 g/mol. The molecule has 2 aromatic carbocycles. The molecule has 1 aliphatic heterocycles. The van der Waals surface area contributed by atoms with E-state index in [1.165, 1.54) is 39.9 Å². The van der Waals surface area contributed by atoms with Crippen molar-refractivity contribution >= 4 is 40.8 Å². The summed E-state index contributed by atoms with van der Waals surface area (Å²) in [5.41, 5.74) is 6.86. The monoisotopic (exact) mass is 504 g/mol. The zero-order valence-electron chi connectivity index (χ0n) is 17.4. The van der Waals surface area contributed by atoms with Crippen molar-refractivity contribution in [3.05, 3.63) is 69.1 Å². The molecule has 1 aliphatic rings. The first-order chi connectivity index (χ1) is 16.2.